The molecule has 5 heteroatoms. The molecule has 23 heavy (non-hydrogen) atoms. The smallest absolute Gasteiger partial charge is 0.169 e. The molecule has 2 bridgehead atoms. The number of thiocarbonyl (C=S) groups is 1. The molecule has 132 valence electrons. The normalized spacial score (nSPS) is 33.7. The number of likely N-dealkylation sites (tertiary alicyclic amines) is 1. The molecule has 3 rings (SSSR count). The quantitative estimate of drug-likeness (QED) is 0.627. The Labute approximate surface area is 146 Å². The summed E-state index contributed by atoms with van der Waals surface area (Å²) >= 11 is 5.71. The number of ether oxygens (including phenoxy) is 1. The van der Waals surface area contributed by atoms with Crippen molar-refractivity contribution in [3.8, 4) is 0 Å². The van der Waals surface area contributed by atoms with Crippen LogP contribution in [0.5, 0.6) is 0 Å². The summed E-state index contributed by atoms with van der Waals surface area (Å²) in [5.74, 6) is 0. The summed E-state index contributed by atoms with van der Waals surface area (Å²) in [5.41, 5.74) is 0.907. The highest BCUT2D eigenvalue weighted by atomic mass is 32.1. The maximum absolute atomic E-state index is 5.71. The lowest BCUT2D eigenvalue weighted by molar-refractivity contribution is 0.0375. The van der Waals surface area contributed by atoms with Gasteiger partial charge in [-0.1, -0.05) is 20.8 Å². The molecule has 0 radical (unpaired) electrons. The number of nitrogens with one attached hydrogen (secondary N) is 1. The highest BCUT2D eigenvalue weighted by molar-refractivity contribution is 7.80. The Morgan fingerprint density at radius 1 is 1.22 bits per heavy atom. The van der Waals surface area contributed by atoms with Gasteiger partial charge >= 0.3 is 0 Å². The first-order chi connectivity index (χ1) is 10.9. The fraction of sp³-hybridized carbons (Fsp3) is 0.944. The lowest BCUT2D eigenvalue weighted by atomic mass is 9.65. The zero-order valence-corrected chi connectivity index (χ0v) is 15.9. The van der Waals surface area contributed by atoms with Gasteiger partial charge in [0, 0.05) is 32.2 Å². The second-order valence-electron chi connectivity index (χ2n) is 8.88. The van der Waals surface area contributed by atoms with Gasteiger partial charge in [0.05, 0.1) is 13.2 Å². The topological polar surface area (TPSA) is 27.7 Å². The van der Waals surface area contributed by atoms with Gasteiger partial charge in [0.15, 0.2) is 5.11 Å². The molecule has 3 fully saturated rings. The lowest BCUT2D eigenvalue weighted by Crippen LogP contribution is -2.44. The van der Waals surface area contributed by atoms with Crippen molar-refractivity contribution in [2.24, 2.45) is 10.8 Å². The summed E-state index contributed by atoms with van der Waals surface area (Å²) in [6.07, 6.45) is 5.07. The third kappa shape index (κ3) is 4.37. The minimum Gasteiger partial charge on any atom is -0.379 e. The van der Waals surface area contributed by atoms with Crippen LogP contribution in [0.3, 0.4) is 0 Å². The lowest BCUT2D eigenvalue weighted by Gasteiger charge is -2.39. The first-order valence-corrected chi connectivity index (χ1v) is 9.62. The molecule has 2 heterocycles. The van der Waals surface area contributed by atoms with E-state index in [2.05, 4.69) is 35.9 Å². The van der Waals surface area contributed by atoms with E-state index < -0.39 is 0 Å². The van der Waals surface area contributed by atoms with Gasteiger partial charge in [-0.05, 0) is 55.3 Å². The van der Waals surface area contributed by atoms with Gasteiger partial charge in [-0.15, -0.1) is 0 Å². The van der Waals surface area contributed by atoms with E-state index in [4.69, 9.17) is 17.0 Å². The minimum atomic E-state index is 0.450. The highest BCUT2D eigenvalue weighted by Crippen LogP contribution is 2.52. The molecule has 0 amide bonds. The molecule has 2 atom stereocenters. The highest BCUT2D eigenvalue weighted by Gasteiger charge is 2.50. The summed E-state index contributed by atoms with van der Waals surface area (Å²) in [7, 11) is 0. The van der Waals surface area contributed by atoms with Gasteiger partial charge in [0.2, 0.25) is 0 Å². The van der Waals surface area contributed by atoms with Gasteiger partial charge < -0.3 is 15.0 Å². The van der Waals surface area contributed by atoms with Crippen LogP contribution in [0.4, 0.5) is 0 Å². The molecule has 0 aromatic rings. The second kappa shape index (κ2) is 6.85. The number of hydrogen-bond donors (Lipinski definition) is 1. The first-order valence-electron chi connectivity index (χ1n) is 9.22. The van der Waals surface area contributed by atoms with Crippen LogP contribution in [0.2, 0.25) is 0 Å². The van der Waals surface area contributed by atoms with E-state index in [-0.39, 0.29) is 0 Å². The summed E-state index contributed by atoms with van der Waals surface area (Å²) in [6, 6.07) is 0.642. The van der Waals surface area contributed by atoms with E-state index in [0.29, 0.717) is 16.9 Å². The van der Waals surface area contributed by atoms with E-state index in [9.17, 15) is 0 Å². The molecule has 0 aromatic heterocycles. The molecular formula is C18H33N3OS. The van der Waals surface area contributed by atoms with Gasteiger partial charge in [0.25, 0.3) is 0 Å². The summed E-state index contributed by atoms with van der Waals surface area (Å²) in [4.78, 5) is 4.97. The molecule has 1 saturated carbocycles. The van der Waals surface area contributed by atoms with Crippen molar-refractivity contribution in [3.05, 3.63) is 0 Å². The fourth-order valence-electron chi connectivity index (χ4n) is 5.12. The van der Waals surface area contributed by atoms with Crippen LogP contribution in [0.15, 0.2) is 0 Å². The van der Waals surface area contributed by atoms with Crippen molar-refractivity contribution in [3.63, 3.8) is 0 Å². The predicted molar refractivity (Wildman–Crippen MR) is 98.7 cm³/mol. The van der Waals surface area contributed by atoms with Crippen molar-refractivity contribution < 1.29 is 4.74 Å². The molecule has 2 saturated heterocycles. The fourth-order valence-corrected chi connectivity index (χ4v) is 5.44. The van der Waals surface area contributed by atoms with Gasteiger partial charge in [0.1, 0.15) is 0 Å². The SMILES string of the molecule is CC1(C)C[C@H]2C[C@@](C)(CN2C(=S)NCCCN2CCOCC2)C1. The number of fused-ring (bicyclic) bond motifs is 2. The Morgan fingerprint density at radius 3 is 2.70 bits per heavy atom. The second-order valence-corrected chi connectivity index (χ2v) is 9.27. The Bertz CT molecular complexity index is 436. The first kappa shape index (κ1) is 17.4. The van der Waals surface area contributed by atoms with Crippen LogP contribution < -0.4 is 5.32 Å². The van der Waals surface area contributed by atoms with Gasteiger partial charge in [-0.3, -0.25) is 4.90 Å². The van der Waals surface area contributed by atoms with Crippen LogP contribution >= 0.6 is 12.2 Å². The summed E-state index contributed by atoms with van der Waals surface area (Å²) in [5, 5.41) is 4.51. The number of hydrogen-bond acceptors (Lipinski definition) is 3. The zero-order chi connectivity index (χ0) is 16.5. The van der Waals surface area contributed by atoms with Crippen LogP contribution in [0, 0.1) is 10.8 Å². The average molecular weight is 340 g/mol. The monoisotopic (exact) mass is 339 g/mol. The van der Waals surface area contributed by atoms with Crippen LogP contribution in [0.25, 0.3) is 0 Å². The molecule has 0 spiro atoms. The predicted octanol–water partition coefficient (Wildman–Crippen LogP) is 2.48. The molecule has 1 N–H and O–H groups in total. The van der Waals surface area contributed by atoms with E-state index in [1.807, 2.05) is 0 Å². The van der Waals surface area contributed by atoms with E-state index >= 15 is 0 Å². The van der Waals surface area contributed by atoms with Gasteiger partial charge in [-0.2, -0.15) is 0 Å². The number of nitrogens with zero attached hydrogens (tertiary/aromatic N) is 2. The average Bonchev–Trinajstić information content (AvgIpc) is 2.73. The van der Waals surface area contributed by atoms with Crippen molar-refractivity contribution in [2.75, 3.05) is 45.9 Å². The van der Waals surface area contributed by atoms with Crippen LogP contribution in [0.1, 0.15) is 46.5 Å². The minimum absolute atomic E-state index is 0.450. The summed E-state index contributed by atoms with van der Waals surface area (Å²) < 4.78 is 5.39. The largest absolute Gasteiger partial charge is 0.379 e. The van der Waals surface area contributed by atoms with Crippen molar-refractivity contribution in [1.82, 2.24) is 15.1 Å². The number of rotatable bonds is 4. The molecule has 0 unspecified atom stereocenters. The van der Waals surface area contributed by atoms with E-state index in [1.165, 1.54) is 19.3 Å². The van der Waals surface area contributed by atoms with Crippen molar-refractivity contribution in [2.45, 2.75) is 52.5 Å². The maximum Gasteiger partial charge on any atom is 0.169 e. The number of morpholine rings is 1. The molecule has 0 aromatic carbocycles. The zero-order valence-electron chi connectivity index (χ0n) is 15.1. The van der Waals surface area contributed by atoms with Gasteiger partial charge in [-0.25, -0.2) is 0 Å². The van der Waals surface area contributed by atoms with Crippen molar-refractivity contribution >= 4 is 17.3 Å². The third-order valence-electron chi connectivity index (χ3n) is 5.71. The van der Waals surface area contributed by atoms with Crippen molar-refractivity contribution in [1.29, 1.82) is 0 Å². The van der Waals surface area contributed by atoms with Crippen LogP contribution in [-0.2, 0) is 4.74 Å². The maximum atomic E-state index is 5.71. The van der Waals surface area contributed by atoms with E-state index in [1.54, 1.807) is 0 Å². The Morgan fingerprint density at radius 2 is 1.96 bits per heavy atom. The third-order valence-corrected chi connectivity index (χ3v) is 6.09. The Kier molecular flexibility index (Phi) is 5.19. The van der Waals surface area contributed by atoms with Crippen LogP contribution in [-0.4, -0.2) is 66.9 Å². The molecule has 4 nitrogen and oxygen atoms in total. The Balaban J connectivity index is 1.42. The summed E-state index contributed by atoms with van der Waals surface area (Å²) in [6.45, 7) is 14.5. The van der Waals surface area contributed by atoms with E-state index in [0.717, 1.165) is 57.5 Å². The standard InChI is InChI=1S/C18H33N3OS/c1-17(2)11-15-12-18(3,13-17)14-21(15)16(23)19-5-4-6-20-7-9-22-10-8-20/h15H,4-14H2,1-3H3,(H,19,23)/t15-,18+/m0/s1. The molecule has 1 aliphatic carbocycles. The molecule has 2 aliphatic heterocycles. The molecule has 3 aliphatic rings. The Hall–Kier alpha value is -0.390. The molecular weight excluding hydrogens is 306 g/mol.